The summed E-state index contributed by atoms with van der Waals surface area (Å²) in [6.07, 6.45) is 3.95. The second kappa shape index (κ2) is 7.18. The van der Waals surface area contributed by atoms with Crippen LogP contribution in [0.4, 0.5) is 4.39 Å². The van der Waals surface area contributed by atoms with Gasteiger partial charge in [0.2, 0.25) is 10.0 Å². The maximum atomic E-state index is 13.6. The molecule has 1 aliphatic rings. The van der Waals surface area contributed by atoms with E-state index in [4.69, 9.17) is 0 Å². The Labute approximate surface area is 164 Å². The molecule has 2 aromatic carbocycles. The van der Waals surface area contributed by atoms with Gasteiger partial charge in [-0.2, -0.15) is 4.31 Å². The van der Waals surface area contributed by atoms with E-state index in [1.807, 2.05) is 24.3 Å². The molecule has 4 rings (SSSR count). The fourth-order valence-corrected chi connectivity index (χ4v) is 4.80. The van der Waals surface area contributed by atoms with Crippen LogP contribution in [0.15, 0.2) is 54.6 Å². The number of halogens is 1. The highest BCUT2D eigenvalue weighted by atomic mass is 32.2. The lowest BCUT2D eigenvalue weighted by Gasteiger charge is -2.24. The third-order valence-electron chi connectivity index (χ3n) is 5.42. The zero-order valence-corrected chi connectivity index (χ0v) is 16.8. The molecule has 6 heteroatoms. The van der Waals surface area contributed by atoms with Crippen molar-refractivity contribution in [3.8, 4) is 0 Å². The molecule has 2 heterocycles. The van der Waals surface area contributed by atoms with Crippen LogP contribution in [-0.2, 0) is 16.6 Å². The highest BCUT2D eigenvalue weighted by Gasteiger charge is 2.23. The van der Waals surface area contributed by atoms with Gasteiger partial charge < -0.3 is 4.57 Å². The summed E-state index contributed by atoms with van der Waals surface area (Å²) < 4.78 is 41.0. The van der Waals surface area contributed by atoms with Gasteiger partial charge in [0.05, 0.1) is 6.26 Å². The number of hydrogen-bond acceptors (Lipinski definition) is 2. The van der Waals surface area contributed by atoms with Crippen LogP contribution >= 0.6 is 0 Å². The van der Waals surface area contributed by atoms with E-state index in [1.54, 1.807) is 12.1 Å². The molecule has 28 heavy (non-hydrogen) atoms. The van der Waals surface area contributed by atoms with Crippen molar-refractivity contribution in [3.63, 3.8) is 0 Å². The van der Waals surface area contributed by atoms with Crippen LogP contribution in [0, 0.1) is 12.7 Å². The smallest absolute Gasteiger partial charge is 0.211 e. The largest absolute Gasteiger partial charge is 0.340 e. The zero-order valence-electron chi connectivity index (χ0n) is 16.0. The quantitative estimate of drug-likeness (QED) is 0.661. The van der Waals surface area contributed by atoms with Crippen molar-refractivity contribution in [3.05, 3.63) is 77.2 Å². The van der Waals surface area contributed by atoms with Crippen LogP contribution in [0.5, 0.6) is 0 Å². The van der Waals surface area contributed by atoms with Gasteiger partial charge in [-0.3, -0.25) is 0 Å². The predicted octanol–water partition coefficient (Wildman–Crippen LogP) is 4.19. The number of para-hydroxylation sites is 1. The molecule has 146 valence electrons. The molecule has 1 aromatic heterocycles. The summed E-state index contributed by atoms with van der Waals surface area (Å²) in [4.78, 5) is 0. The Bertz CT molecular complexity index is 1180. The van der Waals surface area contributed by atoms with Gasteiger partial charge in [-0.25, -0.2) is 12.8 Å². The number of nitrogens with zero attached hydrogens (tertiary/aromatic N) is 2. The Hall–Kier alpha value is -2.44. The van der Waals surface area contributed by atoms with E-state index in [-0.39, 0.29) is 5.82 Å². The van der Waals surface area contributed by atoms with Gasteiger partial charge in [0.15, 0.2) is 0 Å². The number of aromatic nitrogens is 1. The average Bonchev–Trinajstić information content (AvgIpc) is 2.93. The Kier molecular flexibility index (Phi) is 4.85. The molecule has 0 saturated carbocycles. The lowest BCUT2D eigenvalue weighted by atomic mass is 9.97. The van der Waals surface area contributed by atoms with Crippen molar-refractivity contribution < 1.29 is 12.8 Å². The molecule has 0 fully saturated rings. The van der Waals surface area contributed by atoms with E-state index >= 15 is 0 Å². The van der Waals surface area contributed by atoms with Crippen LogP contribution in [0.3, 0.4) is 0 Å². The maximum Gasteiger partial charge on any atom is 0.211 e. The molecule has 0 bridgehead atoms. The molecule has 4 nitrogen and oxygen atoms in total. The van der Waals surface area contributed by atoms with Crippen molar-refractivity contribution in [1.82, 2.24) is 8.87 Å². The van der Waals surface area contributed by atoms with E-state index in [0.717, 1.165) is 22.2 Å². The number of benzene rings is 2. The lowest BCUT2D eigenvalue weighted by Crippen LogP contribution is -2.33. The first kappa shape index (κ1) is 18.9. The van der Waals surface area contributed by atoms with Crippen molar-refractivity contribution in [1.29, 1.82) is 0 Å². The van der Waals surface area contributed by atoms with E-state index in [1.165, 1.54) is 27.8 Å². The summed E-state index contributed by atoms with van der Waals surface area (Å²) in [5.41, 5.74) is 5.47. The number of hydrogen-bond donors (Lipinski definition) is 0. The molecule has 3 aromatic rings. The summed E-state index contributed by atoms with van der Waals surface area (Å²) in [6, 6.07) is 14.9. The highest BCUT2D eigenvalue weighted by Crippen LogP contribution is 2.35. The molecule has 0 N–H and O–H groups in total. The second-order valence-corrected chi connectivity index (χ2v) is 9.28. The van der Waals surface area contributed by atoms with Crippen LogP contribution in [-0.4, -0.2) is 36.6 Å². The molecule has 0 radical (unpaired) electrons. The van der Waals surface area contributed by atoms with Gasteiger partial charge in [-0.1, -0.05) is 36.4 Å². The number of fused-ring (bicyclic) bond motifs is 1. The molecule has 0 atom stereocenters. The minimum atomic E-state index is -3.18. The molecule has 0 spiro atoms. The van der Waals surface area contributed by atoms with Crippen molar-refractivity contribution in [2.45, 2.75) is 19.9 Å². The summed E-state index contributed by atoms with van der Waals surface area (Å²) in [5, 5.41) is 1.15. The van der Waals surface area contributed by atoms with E-state index in [2.05, 4.69) is 23.6 Å². The van der Waals surface area contributed by atoms with E-state index < -0.39 is 10.0 Å². The Morgan fingerprint density at radius 3 is 2.57 bits per heavy atom. The molecular formula is C22H23FN2O2S. The third-order valence-corrected chi connectivity index (χ3v) is 6.69. The molecule has 0 saturated heterocycles. The van der Waals surface area contributed by atoms with E-state index in [9.17, 15) is 12.8 Å². The van der Waals surface area contributed by atoms with Gasteiger partial charge >= 0.3 is 0 Å². The summed E-state index contributed by atoms with van der Waals surface area (Å²) in [7, 11) is -3.18. The van der Waals surface area contributed by atoms with Crippen LogP contribution < -0.4 is 0 Å². The Morgan fingerprint density at radius 2 is 1.89 bits per heavy atom. The van der Waals surface area contributed by atoms with Crippen LogP contribution in [0.2, 0.25) is 0 Å². The predicted molar refractivity (Wildman–Crippen MR) is 111 cm³/mol. The average molecular weight is 399 g/mol. The Morgan fingerprint density at radius 1 is 1.11 bits per heavy atom. The monoisotopic (exact) mass is 398 g/mol. The van der Waals surface area contributed by atoms with Gasteiger partial charge in [-0.15, -0.1) is 0 Å². The first-order valence-electron chi connectivity index (χ1n) is 9.31. The van der Waals surface area contributed by atoms with Gasteiger partial charge in [0, 0.05) is 41.8 Å². The fraction of sp³-hybridized carbons (Fsp3) is 0.273. The summed E-state index contributed by atoms with van der Waals surface area (Å²) in [5.74, 6) is -0.234. The summed E-state index contributed by atoms with van der Waals surface area (Å²) >= 11 is 0. The normalized spacial score (nSPS) is 15.8. The molecule has 0 amide bonds. The topological polar surface area (TPSA) is 42.3 Å². The number of sulfonamides is 1. The fourth-order valence-electron chi connectivity index (χ4n) is 4.04. The van der Waals surface area contributed by atoms with Gasteiger partial charge in [0.1, 0.15) is 5.82 Å². The number of rotatable bonds is 4. The molecular weight excluding hydrogens is 375 g/mol. The standard InChI is InChI=1S/C22H23FN2O2S/c1-16-22(18-10-12-24(13-11-18)28(2,26)27)20-8-3-4-9-21(20)25(16)15-17-6-5-7-19(23)14-17/h3-10,14H,11-13,15H2,1-2H3. The van der Waals surface area contributed by atoms with Crippen LogP contribution in [0.25, 0.3) is 16.5 Å². The minimum absolute atomic E-state index is 0.234. The van der Waals surface area contributed by atoms with Crippen molar-refractivity contribution in [2.24, 2.45) is 0 Å². The maximum absolute atomic E-state index is 13.6. The van der Waals surface area contributed by atoms with Crippen LogP contribution in [0.1, 0.15) is 23.2 Å². The molecule has 0 unspecified atom stereocenters. The van der Waals surface area contributed by atoms with Gasteiger partial charge in [-0.05, 0) is 42.7 Å². The van der Waals surface area contributed by atoms with Gasteiger partial charge in [0.25, 0.3) is 0 Å². The minimum Gasteiger partial charge on any atom is -0.340 e. The van der Waals surface area contributed by atoms with E-state index in [0.29, 0.717) is 26.1 Å². The lowest BCUT2D eigenvalue weighted by molar-refractivity contribution is 0.446. The molecule has 0 aliphatic carbocycles. The first-order chi connectivity index (χ1) is 13.3. The highest BCUT2D eigenvalue weighted by molar-refractivity contribution is 7.88. The molecule has 1 aliphatic heterocycles. The first-order valence-corrected chi connectivity index (χ1v) is 11.2. The third kappa shape index (κ3) is 3.50. The van der Waals surface area contributed by atoms with Crippen molar-refractivity contribution >= 4 is 26.5 Å². The van der Waals surface area contributed by atoms with Crippen molar-refractivity contribution in [2.75, 3.05) is 19.3 Å². The zero-order chi connectivity index (χ0) is 19.9. The Balaban J connectivity index is 1.78. The SMILES string of the molecule is Cc1c(C2=CCN(S(C)(=O)=O)CC2)c2ccccc2n1Cc1cccc(F)c1. The second-order valence-electron chi connectivity index (χ2n) is 7.29. The summed E-state index contributed by atoms with van der Waals surface area (Å²) in [6.45, 7) is 3.57.